The van der Waals surface area contributed by atoms with Gasteiger partial charge in [-0.25, -0.2) is 9.78 Å². The van der Waals surface area contributed by atoms with Crippen LogP contribution in [0.15, 0.2) is 10.8 Å². The molecule has 1 saturated heterocycles. The summed E-state index contributed by atoms with van der Waals surface area (Å²) in [6.45, 7) is 6.37. The summed E-state index contributed by atoms with van der Waals surface area (Å²) in [5, 5.41) is 0. The molecule has 0 spiro atoms. The van der Waals surface area contributed by atoms with Gasteiger partial charge < -0.3 is 9.72 Å². The molecule has 0 aromatic carbocycles. The maximum absolute atomic E-state index is 12.3. The number of aromatic nitrogens is 2. The van der Waals surface area contributed by atoms with E-state index in [0.717, 1.165) is 36.2 Å². The molecule has 1 fully saturated rings. The van der Waals surface area contributed by atoms with Crippen molar-refractivity contribution in [1.82, 2.24) is 14.9 Å². The van der Waals surface area contributed by atoms with Gasteiger partial charge in [-0.1, -0.05) is 0 Å². The minimum atomic E-state index is -0.469. The highest BCUT2D eigenvalue weighted by molar-refractivity contribution is 9.10. The first-order valence-corrected chi connectivity index (χ1v) is 7.36. The predicted molar refractivity (Wildman–Crippen MR) is 75.8 cm³/mol. The van der Waals surface area contributed by atoms with E-state index >= 15 is 0 Å². The fraction of sp³-hybridized carbons (Fsp3) is 0.692. The lowest BCUT2D eigenvalue weighted by molar-refractivity contribution is 0.00853. The van der Waals surface area contributed by atoms with E-state index in [1.54, 1.807) is 11.1 Å². The van der Waals surface area contributed by atoms with Crippen molar-refractivity contribution in [3.63, 3.8) is 0 Å². The second-order valence-electron chi connectivity index (χ2n) is 5.80. The molecular weight excluding hydrogens is 310 g/mol. The zero-order valence-corrected chi connectivity index (χ0v) is 13.2. The Morgan fingerprint density at radius 2 is 2.26 bits per heavy atom. The summed E-state index contributed by atoms with van der Waals surface area (Å²) in [4.78, 5) is 21.5. The molecule has 19 heavy (non-hydrogen) atoms. The van der Waals surface area contributed by atoms with E-state index in [9.17, 15) is 4.79 Å². The molecule has 1 aromatic heterocycles. The first kappa shape index (κ1) is 14.4. The van der Waals surface area contributed by atoms with Gasteiger partial charge in [0.05, 0.1) is 12.2 Å². The Bertz CT molecular complexity index is 453. The van der Waals surface area contributed by atoms with Gasteiger partial charge in [-0.15, -0.1) is 0 Å². The van der Waals surface area contributed by atoms with Gasteiger partial charge in [-0.05, 0) is 56.0 Å². The molecule has 0 saturated carbocycles. The Kier molecular flexibility index (Phi) is 4.18. The Balaban J connectivity index is 2.14. The third-order valence-electron chi connectivity index (χ3n) is 3.01. The SMILES string of the molecule is CC(C)(C)OC(=O)N1CCCC[C@H]1c1ncc(Br)[nH]1. The molecule has 2 rings (SSSR count). The fourth-order valence-electron chi connectivity index (χ4n) is 2.24. The number of carbonyl (C=O) groups excluding carboxylic acids is 1. The number of aromatic amines is 1. The summed E-state index contributed by atoms with van der Waals surface area (Å²) in [5.74, 6) is 0.817. The van der Waals surface area contributed by atoms with Crippen molar-refractivity contribution in [2.45, 2.75) is 51.7 Å². The highest BCUT2D eigenvalue weighted by Gasteiger charge is 2.32. The van der Waals surface area contributed by atoms with Gasteiger partial charge in [0, 0.05) is 6.54 Å². The molecule has 1 atom stereocenters. The third-order valence-corrected chi connectivity index (χ3v) is 3.41. The number of carbonyl (C=O) groups is 1. The number of ether oxygens (including phenoxy) is 1. The lowest BCUT2D eigenvalue weighted by atomic mass is 10.0. The maximum Gasteiger partial charge on any atom is 0.410 e. The molecule has 1 amide bonds. The van der Waals surface area contributed by atoms with Crippen LogP contribution < -0.4 is 0 Å². The molecular formula is C13H20BrN3O2. The monoisotopic (exact) mass is 329 g/mol. The van der Waals surface area contributed by atoms with Crippen molar-refractivity contribution >= 4 is 22.0 Å². The number of imidazole rings is 1. The van der Waals surface area contributed by atoms with Gasteiger partial charge in [0.2, 0.25) is 0 Å². The van der Waals surface area contributed by atoms with E-state index in [2.05, 4.69) is 25.9 Å². The van der Waals surface area contributed by atoms with Gasteiger partial charge in [0.1, 0.15) is 16.0 Å². The van der Waals surface area contributed by atoms with Gasteiger partial charge in [0.15, 0.2) is 0 Å². The number of amides is 1. The summed E-state index contributed by atoms with van der Waals surface area (Å²) in [7, 11) is 0. The molecule has 1 aliphatic heterocycles. The number of halogens is 1. The minimum Gasteiger partial charge on any atom is -0.444 e. The van der Waals surface area contributed by atoms with Crippen LogP contribution in [-0.4, -0.2) is 33.1 Å². The van der Waals surface area contributed by atoms with E-state index < -0.39 is 5.60 Å². The van der Waals surface area contributed by atoms with Crippen molar-refractivity contribution in [2.75, 3.05) is 6.54 Å². The number of hydrogen-bond acceptors (Lipinski definition) is 3. The van der Waals surface area contributed by atoms with E-state index in [-0.39, 0.29) is 12.1 Å². The van der Waals surface area contributed by atoms with Crippen molar-refractivity contribution in [1.29, 1.82) is 0 Å². The van der Waals surface area contributed by atoms with Crippen LogP contribution in [0.4, 0.5) is 4.79 Å². The van der Waals surface area contributed by atoms with Gasteiger partial charge >= 0.3 is 6.09 Å². The van der Waals surface area contributed by atoms with Crippen LogP contribution in [0.25, 0.3) is 0 Å². The molecule has 0 radical (unpaired) electrons. The van der Waals surface area contributed by atoms with Crippen LogP contribution >= 0.6 is 15.9 Å². The Morgan fingerprint density at radius 1 is 1.53 bits per heavy atom. The van der Waals surface area contributed by atoms with E-state index in [0.29, 0.717) is 0 Å². The molecule has 0 aliphatic carbocycles. The summed E-state index contributed by atoms with van der Waals surface area (Å²) in [6.07, 6.45) is 4.49. The fourth-order valence-corrected chi connectivity index (χ4v) is 2.54. The molecule has 6 heteroatoms. The summed E-state index contributed by atoms with van der Waals surface area (Å²) in [6, 6.07) is -0.0186. The lowest BCUT2D eigenvalue weighted by Gasteiger charge is -2.35. The quantitative estimate of drug-likeness (QED) is 0.855. The summed E-state index contributed by atoms with van der Waals surface area (Å²) >= 11 is 3.35. The highest BCUT2D eigenvalue weighted by atomic mass is 79.9. The normalized spacial score (nSPS) is 20.4. The van der Waals surface area contributed by atoms with Gasteiger partial charge in [-0.3, -0.25) is 4.90 Å². The number of nitrogens with one attached hydrogen (secondary N) is 1. The molecule has 1 aromatic rings. The van der Waals surface area contributed by atoms with Gasteiger partial charge in [0.25, 0.3) is 0 Å². The molecule has 1 aliphatic rings. The van der Waals surface area contributed by atoms with Crippen molar-refractivity contribution in [3.05, 3.63) is 16.6 Å². The molecule has 106 valence electrons. The van der Waals surface area contributed by atoms with Crippen molar-refractivity contribution < 1.29 is 9.53 Å². The predicted octanol–water partition coefficient (Wildman–Crippen LogP) is 3.63. The zero-order valence-electron chi connectivity index (χ0n) is 11.6. The van der Waals surface area contributed by atoms with Crippen LogP contribution in [0.2, 0.25) is 0 Å². The maximum atomic E-state index is 12.3. The first-order chi connectivity index (χ1) is 8.87. The van der Waals surface area contributed by atoms with Crippen LogP contribution in [0.5, 0.6) is 0 Å². The smallest absolute Gasteiger partial charge is 0.410 e. The Hall–Kier alpha value is -1.04. The average Bonchev–Trinajstić information content (AvgIpc) is 2.73. The topological polar surface area (TPSA) is 58.2 Å². The first-order valence-electron chi connectivity index (χ1n) is 6.57. The van der Waals surface area contributed by atoms with Gasteiger partial charge in [-0.2, -0.15) is 0 Å². The zero-order chi connectivity index (χ0) is 14.0. The Morgan fingerprint density at radius 3 is 2.84 bits per heavy atom. The second-order valence-corrected chi connectivity index (χ2v) is 6.66. The molecule has 0 bridgehead atoms. The van der Waals surface area contributed by atoms with E-state index in [1.165, 1.54) is 0 Å². The lowest BCUT2D eigenvalue weighted by Crippen LogP contribution is -2.42. The second kappa shape index (κ2) is 5.53. The number of likely N-dealkylation sites (tertiary alicyclic amines) is 1. The van der Waals surface area contributed by atoms with Crippen LogP contribution in [0.1, 0.15) is 51.9 Å². The van der Waals surface area contributed by atoms with Crippen molar-refractivity contribution in [2.24, 2.45) is 0 Å². The Labute approximate surface area is 121 Å². The van der Waals surface area contributed by atoms with Crippen LogP contribution in [0.3, 0.4) is 0 Å². The summed E-state index contributed by atoms with van der Waals surface area (Å²) < 4.78 is 6.30. The number of rotatable bonds is 1. The van der Waals surface area contributed by atoms with Crippen LogP contribution in [-0.2, 0) is 4.74 Å². The van der Waals surface area contributed by atoms with E-state index in [1.807, 2.05) is 20.8 Å². The standard InChI is InChI=1S/C13H20BrN3O2/c1-13(2,3)19-12(18)17-7-5-4-6-9(17)11-15-8-10(14)16-11/h8-9H,4-7H2,1-3H3,(H,15,16)/t9-/m0/s1. The molecule has 5 nitrogen and oxygen atoms in total. The molecule has 1 N–H and O–H groups in total. The number of H-pyrrole nitrogens is 1. The number of piperidine rings is 1. The number of hydrogen-bond donors (Lipinski definition) is 1. The minimum absolute atomic E-state index is 0.0186. The highest BCUT2D eigenvalue weighted by Crippen LogP contribution is 2.31. The molecule has 0 unspecified atom stereocenters. The van der Waals surface area contributed by atoms with Crippen LogP contribution in [0, 0.1) is 0 Å². The van der Waals surface area contributed by atoms with Crippen molar-refractivity contribution in [3.8, 4) is 0 Å². The number of nitrogens with zero attached hydrogens (tertiary/aromatic N) is 2. The largest absolute Gasteiger partial charge is 0.444 e. The summed E-state index contributed by atoms with van der Waals surface area (Å²) in [5.41, 5.74) is -0.469. The molecule has 2 heterocycles. The average molecular weight is 330 g/mol. The van der Waals surface area contributed by atoms with E-state index in [4.69, 9.17) is 4.74 Å². The third kappa shape index (κ3) is 3.72.